The fourth-order valence-corrected chi connectivity index (χ4v) is 6.08. The Morgan fingerprint density at radius 2 is 1.59 bits per heavy atom. The summed E-state index contributed by atoms with van der Waals surface area (Å²) in [7, 11) is -3.52. The molecule has 1 aromatic rings. The third-order valence-electron chi connectivity index (χ3n) is 6.29. The minimum atomic E-state index is -3.52. The lowest BCUT2D eigenvalue weighted by atomic mass is 9.75. The van der Waals surface area contributed by atoms with E-state index in [-0.39, 0.29) is 10.8 Å². The van der Waals surface area contributed by atoms with Gasteiger partial charge in [-0.05, 0) is 48.9 Å². The van der Waals surface area contributed by atoms with Gasteiger partial charge in [-0.1, -0.05) is 19.3 Å². The van der Waals surface area contributed by atoms with Crippen LogP contribution in [0, 0.1) is 11.8 Å². The molecule has 27 heavy (non-hydrogen) atoms. The summed E-state index contributed by atoms with van der Waals surface area (Å²) in [5.74, 6) is 1.44. The highest BCUT2D eigenvalue weighted by molar-refractivity contribution is 7.89. The van der Waals surface area contributed by atoms with E-state index in [2.05, 4.69) is 0 Å². The molecule has 0 aromatic heterocycles. The van der Waals surface area contributed by atoms with Crippen molar-refractivity contribution in [1.29, 1.82) is 0 Å². The maximum absolute atomic E-state index is 12.9. The fourth-order valence-electron chi connectivity index (χ4n) is 4.67. The number of rotatable bonds is 3. The number of likely N-dealkylation sites (tertiary alicyclic amines) is 1. The molecule has 148 valence electrons. The largest absolute Gasteiger partial charge is 0.379 e. The summed E-state index contributed by atoms with van der Waals surface area (Å²) in [6, 6.07) is 6.43. The second-order valence-corrected chi connectivity index (χ2v) is 9.82. The number of ether oxygens (including phenoxy) is 1. The summed E-state index contributed by atoms with van der Waals surface area (Å²) in [6.45, 7) is 3.25. The maximum atomic E-state index is 12.9. The topological polar surface area (TPSA) is 66.9 Å². The van der Waals surface area contributed by atoms with Gasteiger partial charge in [0.2, 0.25) is 10.0 Å². The van der Waals surface area contributed by atoms with Crippen molar-refractivity contribution >= 4 is 15.9 Å². The number of piperidine rings is 1. The molecule has 0 N–H and O–H groups in total. The summed E-state index contributed by atoms with van der Waals surface area (Å²) in [6.07, 6.45) is 6.23. The Balaban J connectivity index is 1.44. The molecule has 1 amide bonds. The van der Waals surface area contributed by atoms with Crippen LogP contribution in [-0.4, -0.2) is 62.9 Å². The summed E-state index contributed by atoms with van der Waals surface area (Å²) in [5.41, 5.74) is 0.574. The van der Waals surface area contributed by atoms with E-state index in [1.807, 2.05) is 4.90 Å². The Kier molecular flexibility index (Phi) is 5.53. The lowest BCUT2D eigenvalue weighted by molar-refractivity contribution is 0.0521. The molecule has 2 atom stereocenters. The van der Waals surface area contributed by atoms with Crippen molar-refractivity contribution in [3.8, 4) is 0 Å². The van der Waals surface area contributed by atoms with Crippen LogP contribution in [0.3, 0.4) is 0 Å². The van der Waals surface area contributed by atoms with Crippen LogP contribution in [0.1, 0.15) is 42.5 Å². The molecule has 0 bridgehead atoms. The predicted molar refractivity (Wildman–Crippen MR) is 102 cm³/mol. The molecule has 0 unspecified atom stereocenters. The quantitative estimate of drug-likeness (QED) is 0.792. The lowest BCUT2D eigenvalue weighted by Crippen LogP contribution is -2.44. The van der Waals surface area contributed by atoms with Crippen molar-refractivity contribution in [2.75, 3.05) is 39.4 Å². The second kappa shape index (κ2) is 7.89. The molecule has 0 spiro atoms. The van der Waals surface area contributed by atoms with Gasteiger partial charge in [-0.3, -0.25) is 4.79 Å². The second-order valence-electron chi connectivity index (χ2n) is 7.89. The van der Waals surface area contributed by atoms with E-state index >= 15 is 0 Å². The highest BCUT2D eigenvalue weighted by Gasteiger charge is 2.33. The summed E-state index contributed by atoms with van der Waals surface area (Å²) < 4.78 is 32.1. The third-order valence-corrected chi connectivity index (χ3v) is 8.20. The summed E-state index contributed by atoms with van der Waals surface area (Å²) >= 11 is 0. The Bertz CT molecular complexity index is 772. The predicted octanol–water partition coefficient (Wildman–Crippen LogP) is 2.36. The van der Waals surface area contributed by atoms with Gasteiger partial charge in [0.15, 0.2) is 0 Å². The highest BCUT2D eigenvalue weighted by Crippen LogP contribution is 2.36. The van der Waals surface area contributed by atoms with E-state index in [1.54, 1.807) is 24.3 Å². The summed E-state index contributed by atoms with van der Waals surface area (Å²) in [4.78, 5) is 15.1. The molecule has 0 radical (unpaired) electrons. The van der Waals surface area contributed by atoms with Crippen LogP contribution in [0.4, 0.5) is 0 Å². The zero-order valence-electron chi connectivity index (χ0n) is 15.7. The van der Waals surface area contributed by atoms with Gasteiger partial charge in [0, 0.05) is 31.7 Å². The first kappa shape index (κ1) is 18.9. The highest BCUT2D eigenvalue weighted by atomic mass is 32.2. The monoisotopic (exact) mass is 392 g/mol. The first-order chi connectivity index (χ1) is 13.1. The van der Waals surface area contributed by atoms with Gasteiger partial charge in [0.25, 0.3) is 5.91 Å². The summed E-state index contributed by atoms with van der Waals surface area (Å²) in [5, 5.41) is 0. The van der Waals surface area contributed by atoms with E-state index in [0.717, 1.165) is 25.4 Å². The molecule has 6 nitrogen and oxygen atoms in total. The molecule has 4 rings (SSSR count). The van der Waals surface area contributed by atoms with Crippen LogP contribution in [0.25, 0.3) is 0 Å². The van der Waals surface area contributed by atoms with E-state index in [1.165, 1.54) is 30.0 Å². The van der Waals surface area contributed by atoms with Crippen LogP contribution in [-0.2, 0) is 14.8 Å². The molecular weight excluding hydrogens is 364 g/mol. The lowest BCUT2D eigenvalue weighted by Gasteiger charge is -2.41. The van der Waals surface area contributed by atoms with Crippen LogP contribution in [0.5, 0.6) is 0 Å². The van der Waals surface area contributed by atoms with E-state index in [0.29, 0.717) is 37.8 Å². The van der Waals surface area contributed by atoms with Crippen molar-refractivity contribution in [3.63, 3.8) is 0 Å². The van der Waals surface area contributed by atoms with Crippen molar-refractivity contribution in [2.24, 2.45) is 11.8 Å². The Hall–Kier alpha value is -1.44. The molecule has 2 heterocycles. The van der Waals surface area contributed by atoms with Gasteiger partial charge in [-0.15, -0.1) is 0 Å². The molecule has 1 aromatic carbocycles. The van der Waals surface area contributed by atoms with Gasteiger partial charge < -0.3 is 9.64 Å². The third kappa shape index (κ3) is 3.91. The first-order valence-electron chi connectivity index (χ1n) is 10.0. The molecule has 3 aliphatic rings. The van der Waals surface area contributed by atoms with Crippen molar-refractivity contribution in [1.82, 2.24) is 9.21 Å². The minimum absolute atomic E-state index is 0.0225. The van der Waals surface area contributed by atoms with Gasteiger partial charge in [0.1, 0.15) is 0 Å². The smallest absolute Gasteiger partial charge is 0.253 e. The number of amides is 1. The molecule has 2 saturated heterocycles. The number of hydrogen-bond donors (Lipinski definition) is 0. The molecule has 1 aliphatic carbocycles. The van der Waals surface area contributed by atoms with Crippen molar-refractivity contribution in [2.45, 2.75) is 37.0 Å². The molecule has 2 aliphatic heterocycles. The Labute approximate surface area is 161 Å². The zero-order valence-corrected chi connectivity index (χ0v) is 16.5. The van der Waals surface area contributed by atoms with Gasteiger partial charge >= 0.3 is 0 Å². The average Bonchev–Trinajstić information content (AvgIpc) is 2.73. The molecule has 3 fully saturated rings. The van der Waals surface area contributed by atoms with E-state index in [9.17, 15) is 13.2 Å². The maximum Gasteiger partial charge on any atom is 0.253 e. The Morgan fingerprint density at radius 3 is 2.30 bits per heavy atom. The number of nitrogens with zero attached hydrogens (tertiary/aromatic N) is 2. The number of hydrogen-bond acceptors (Lipinski definition) is 4. The number of morpholine rings is 1. The normalized spacial score (nSPS) is 27.2. The fraction of sp³-hybridized carbons (Fsp3) is 0.650. The van der Waals surface area contributed by atoms with Gasteiger partial charge in [-0.25, -0.2) is 8.42 Å². The number of fused-ring (bicyclic) bond motifs is 1. The van der Waals surface area contributed by atoms with Crippen LogP contribution in [0.15, 0.2) is 29.2 Å². The zero-order chi connectivity index (χ0) is 18.9. The standard InChI is InChI=1S/C20H28N2O4S/c23-20(21-10-9-16-3-1-2-4-18(16)15-21)17-5-7-19(8-6-17)27(24,25)22-11-13-26-14-12-22/h5-8,16,18H,1-4,9-15H2/t16-,18-/m0/s1. The van der Waals surface area contributed by atoms with Crippen LogP contribution >= 0.6 is 0 Å². The number of carbonyl (C=O) groups is 1. The minimum Gasteiger partial charge on any atom is -0.379 e. The van der Waals surface area contributed by atoms with E-state index in [4.69, 9.17) is 4.74 Å². The van der Waals surface area contributed by atoms with E-state index < -0.39 is 10.0 Å². The van der Waals surface area contributed by atoms with Gasteiger partial charge in [0.05, 0.1) is 18.1 Å². The average molecular weight is 393 g/mol. The molecular formula is C20H28N2O4S. The van der Waals surface area contributed by atoms with Crippen LogP contribution < -0.4 is 0 Å². The first-order valence-corrected chi connectivity index (χ1v) is 11.5. The number of sulfonamides is 1. The Morgan fingerprint density at radius 1 is 0.926 bits per heavy atom. The SMILES string of the molecule is O=C(c1ccc(S(=O)(=O)N2CCOCC2)cc1)N1CC[C@@H]2CCCC[C@H]2C1. The molecule has 1 saturated carbocycles. The number of benzene rings is 1. The van der Waals surface area contributed by atoms with Gasteiger partial charge in [-0.2, -0.15) is 4.31 Å². The van der Waals surface area contributed by atoms with Crippen molar-refractivity contribution < 1.29 is 17.9 Å². The van der Waals surface area contributed by atoms with Crippen LogP contribution in [0.2, 0.25) is 0 Å². The molecule has 7 heteroatoms. The number of carbonyl (C=O) groups excluding carboxylic acids is 1. The van der Waals surface area contributed by atoms with Crippen molar-refractivity contribution in [3.05, 3.63) is 29.8 Å².